The van der Waals surface area contributed by atoms with E-state index in [0.717, 1.165) is 11.0 Å². The number of rotatable bonds is 2. The molecule has 0 unspecified atom stereocenters. The molecule has 0 spiro atoms. The van der Waals surface area contributed by atoms with Gasteiger partial charge in [0.1, 0.15) is 6.04 Å². The van der Waals surface area contributed by atoms with Crippen LogP contribution in [0.1, 0.15) is 12.5 Å². The van der Waals surface area contributed by atoms with Crippen molar-refractivity contribution in [1.29, 1.82) is 0 Å². The van der Waals surface area contributed by atoms with Gasteiger partial charge in [-0.15, -0.1) is 0 Å². The van der Waals surface area contributed by atoms with Gasteiger partial charge in [0.05, 0.1) is 17.5 Å². The molecule has 0 fully saturated rings. The molecular weight excluding hydrogens is 328 g/mol. The summed E-state index contributed by atoms with van der Waals surface area (Å²) in [7, 11) is 0. The van der Waals surface area contributed by atoms with Crippen LogP contribution in [0, 0.1) is 0 Å². The highest BCUT2D eigenvalue weighted by Gasteiger charge is 2.32. The molecule has 24 heavy (non-hydrogen) atoms. The highest BCUT2D eigenvalue weighted by atomic mass is 35.5. The van der Waals surface area contributed by atoms with Crippen LogP contribution in [-0.4, -0.2) is 21.4 Å². The maximum absolute atomic E-state index is 12.7. The Morgan fingerprint density at radius 1 is 1.25 bits per heavy atom. The Kier molecular flexibility index (Phi) is 3.46. The molecular formula is C17H13ClN4O2. The molecule has 6 nitrogen and oxygen atoms in total. The summed E-state index contributed by atoms with van der Waals surface area (Å²) < 4.78 is 1.76. The fraction of sp³-hybridized carbons (Fsp3) is 0.118. The van der Waals surface area contributed by atoms with Crippen LogP contribution < -0.4 is 10.6 Å². The number of benzene rings is 2. The van der Waals surface area contributed by atoms with Crippen LogP contribution in [0.4, 0.5) is 11.6 Å². The van der Waals surface area contributed by atoms with Gasteiger partial charge in [0.2, 0.25) is 17.8 Å². The van der Waals surface area contributed by atoms with Gasteiger partial charge in [-0.2, -0.15) is 0 Å². The number of para-hydroxylation sites is 2. The first-order chi connectivity index (χ1) is 11.6. The smallest absolute Gasteiger partial charge is 0.248 e. The zero-order valence-electron chi connectivity index (χ0n) is 12.5. The highest BCUT2D eigenvalue weighted by molar-refractivity contribution is 6.30. The van der Waals surface area contributed by atoms with E-state index in [-0.39, 0.29) is 18.2 Å². The number of aromatic nitrogens is 2. The lowest BCUT2D eigenvalue weighted by Gasteiger charge is -2.25. The van der Waals surface area contributed by atoms with Crippen molar-refractivity contribution in [3.63, 3.8) is 0 Å². The lowest BCUT2D eigenvalue weighted by molar-refractivity contribution is -0.124. The van der Waals surface area contributed by atoms with Crippen LogP contribution in [0.15, 0.2) is 48.5 Å². The van der Waals surface area contributed by atoms with Crippen molar-refractivity contribution in [2.45, 2.75) is 12.5 Å². The third-order valence-corrected chi connectivity index (χ3v) is 4.17. The number of hydrogen-bond donors (Lipinski definition) is 2. The molecule has 3 aromatic rings. The molecule has 0 bridgehead atoms. The monoisotopic (exact) mass is 340 g/mol. The minimum atomic E-state index is -0.667. The summed E-state index contributed by atoms with van der Waals surface area (Å²) in [6.07, 6.45) is 0.0553. The number of halogens is 1. The molecule has 1 aromatic heterocycles. The molecule has 1 aliphatic rings. The molecule has 0 saturated carbocycles. The predicted octanol–water partition coefficient (Wildman–Crippen LogP) is 3.21. The lowest BCUT2D eigenvalue weighted by atomic mass is 10.1. The van der Waals surface area contributed by atoms with E-state index in [1.54, 1.807) is 28.8 Å². The molecule has 2 amide bonds. The Balaban J connectivity index is 1.73. The van der Waals surface area contributed by atoms with Crippen LogP contribution in [0.5, 0.6) is 0 Å². The first-order valence-corrected chi connectivity index (χ1v) is 7.83. The van der Waals surface area contributed by atoms with E-state index in [0.29, 0.717) is 16.7 Å². The molecule has 1 atom stereocenters. The molecule has 2 N–H and O–H groups in total. The summed E-state index contributed by atoms with van der Waals surface area (Å²) in [5.74, 6) is -0.126. The SMILES string of the molecule is O=C1C[C@H](C(=O)Nc2cccc(Cl)c2)n2c(nc3ccccc32)N1. The number of imidazole rings is 1. The second-order valence-corrected chi connectivity index (χ2v) is 6.00. The second kappa shape index (κ2) is 5.65. The van der Waals surface area contributed by atoms with Gasteiger partial charge in [-0.3, -0.25) is 19.5 Å². The average Bonchev–Trinajstić information content (AvgIpc) is 2.92. The van der Waals surface area contributed by atoms with Crippen LogP contribution in [0.3, 0.4) is 0 Å². The van der Waals surface area contributed by atoms with Gasteiger partial charge in [0, 0.05) is 10.7 Å². The largest absolute Gasteiger partial charge is 0.324 e. The molecule has 7 heteroatoms. The molecule has 4 rings (SSSR count). The van der Waals surface area contributed by atoms with E-state index in [2.05, 4.69) is 15.6 Å². The number of nitrogens with zero attached hydrogens (tertiary/aromatic N) is 2. The Labute approximate surface area is 142 Å². The summed E-state index contributed by atoms with van der Waals surface area (Å²) in [6.45, 7) is 0. The van der Waals surface area contributed by atoms with E-state index in [1.807, 2.05) is 24.3 Å². The number of nitrogens with one attached hydrogen (secondary N) is 2. The quantitative estimate of drug-likeness (QED) is 0.752. The Bertz CT molecular complexity index is 966. The fourth-order valence-corrected chi connectivity index (χ4v) is 3.08. The molecule has 120 valence electrons. The first-order valence-electron chi connectivity index (χ1n) is 7.45. The summed E-state index contributed by atoms with van der Waals surface area (Å²) in [5.41, 5.74) is 2.12. The molecule has 0 radical (unpaired) electrons. The zero-order chi connectivity index (χ0) is 16.7. The van der Waals surface area contributed by atoms with Gasteiger partial charge in [-0.25, -0.2) is 4.98 Å². The number of hydrogen-bond acceptors (Lipinski definition) is 3. The highest BCUT2D eigenvalue weighted by Crippen LogP contribution is 2.31. The van der Waals surface area contributed by atoms with E-state index in [4.69, 9.17) is 11.6 Å². The zero-order valence-corrected chi connectivity index (χ0v) is 13.2. The average molecular weight is 341 g/mol. The van der Waals surface area contributed by atoms with E-state index in [1.165, 1.54) is 0 Å². The minimum absolute atomic E-state index is 0.0553. The van der Waals surface area contributed by atoms with Crippen molar-refractivity contribution in [2.24, 2.45) is 0 Å². The Hall–Kier alpha value is -2.86. The number of anilines is 2. The second-order valence-electron chi connectivity index (χ2n) is 5.56. The summed E-state index contributed by atoms with van der Waals surface area (Å²) in [6, 6.07) is 13.7. The van der Waals surface area contributed by atoms with E-state index < -0.39 is 6.04 Å². The molecule has 0 aliphatic carbocycles. The minimum Gasteiger partial charge on any atom is -0.324 e. The fourth-order valence-electron chi connectivity index (χ4n) is 2.89. The van der Waals surface area contributed by atoms with Crippen LogP contribution >= 0.6 is 11.6 Å². The predicted molar refractivity (Wildman–Crippen MR) is 92.1 cm³/mol. The van der Waals surface area contributed by atoms with Gasteiger partial charge < -0.3 is 5.32 Å². The first kappa shape index (κ1) is 14.7. The summed E-state index contributed by atoms with van der Waals surface area (Å²) in [5, 5.41) is 6.07. The van der Waals surface area contributed by atoms with Crippen molar-refractivity contribution >= 4 is 46.1 Å². The number of fused-ring (bicyclic) bond motifs is 3. The van der Waals surface area contributed by atoms with Crippen molar-refractivity contribution in [3.05, 3.63) is 53.6 Å². The van der Waals surface area contributed by atoms with Crippen molar-refractivity contribution < 1.29 is 9.59 Å². The summed E-state index contributed by atoms with van der Waals surface area (Å²) >= 11 is 5.95. The van der Waals surface area contributed by atoms with Crippen LogP contribution in [-0.2, 0) is 9.59 Å². The van der Waals surface area contributed by atoms with Crippen molar-refractivity contribution in [2.75, 3.05) is 10.6 Å². The van der Waals surface area contributed by atoms with E-state index >= 15 is 0 Å². The topological polar surface area (TPSA) is 76.0 Å². The third-order valence-electron chi connectivity index (χ3n) is 3.93. The van der Waals surface area contributed by atoms with Crippen molar-refractivity contribution in [3.8, 4) is 0 Å². The number of carbonyl (C=O) groups is 2. The normalized spacial score (nSPS) is 16.5. The Morgan fingerprint density at radius 3 is 2.92 bits per heavy atom. The van der Waals surface area contributed by atoms with Gasteiger partial charge in [0.25, 0.3) is 0 Å². The van der Waals surface area contributed by atoms with Gasteiger partial charge >= 0.3 is 0 Å². The maximum atomic E-state index is 12.7. The number of amides is 2. The standard InChI is InChI=1S/C17H13ClN4O2/c18-10-4-3-5-11(8-10)19-16(24)14-9-15(23)21-17-20-12-6-1-2-7-13(12)22(14)17/h1-8,14H,9H2,(H,19,24)(H,20,21,23)/t14-/m1/s1. The van der Waals surface area contributed by atoms with Crippen LogP contribution in [0.2, 0.25) is 5.02 Å². The number of carbonyl (C=O) groups excluding carboxylic acids is 2. The lowest BCUT2D eigenvalue weighted by Crippen LogP contribution is -2.35. The van der Waals surface area contributed by atoms with Gasteiger partial charge in [-0.05, 0) is 30.3 Å². The molecule has 2 aromatic carbocycles. The van der Waals surface area contributed by atoms with Crippen LogP contribution in [0.25, 0.3) is 11.0 Å². The van der Waals surface area contributed by atoms with Gasteiger partial charge in [-0.1, -0.05) is 29.8 Å². The summed E-state index contributed by atoms with van der Waals surface area (Å²) in [4.78, 5) is 29.1. The van der Waals surface area contributed by atoms with E-state index in [9.17, 15) is 9.59 Å². The molecule has 0 saturated heterocycles. The maximum Gasteiger partial charge on any atom is 0.248 e. The molecule has 2 heterocycles. The Morgan fingerprint density at radius 2 is 2.08 bits per heavy atom. The van der Waals surface area contributed by atoms with Crippen molar-refractivity contribution in [1.82, 2.24) is 9.55 Å². The molecule has 1 aliphatic heterocycles. The third kappa shape index (κ3) is 2.51. The van der Waals surface area contributed by atoms with Gasteiger partial charge in [0.15, 0.2) is 0 Å².